The summed E-state index contributed by atoms with van der Waals surface area (Å²) in [5, 5.41) is 5.13. The lowest BCUT2D eigenvalue weighted by Crippen LogP contribution is -2.40. The van der Waals surface area contributed by atoms with E-state index in [1.165, 1.54) is 22.2 Å². The van der Waals surface area contributed by atoms with Crippen LogP contribution in [0.2, 0.25) is 0 Å². The van der Waals surface area contributed by atoms with Crippen molar-refractivity contribution in [2.75, 3.05) is 12.3 Å². The lowest BCUT2D eigenvalue weighted by Gasteiger charge is -2.19. The van der Waals surface area contributed by atoms with Crippen LogP contribution in [0.3, 0.4) is 0 Å². The van der Waals surface area contributed by atoms with Crippen molar-refractivity contribution in [1.82, 2.24) is 15.3 Å². The van der Waals surface area contributed by atoms with E-state index in [1.54, 1.807) is 17.7 Å². The van der Waals surface area contributed by atoms with Gasteiger partial charge in [-0.15, -0.1) is 23.7 Å². The average Bonchev–Trinajstić information content (AvgIpc) is 3.10. The van der Waals surface area contributed by atoms with Crippen molar-refractivity contribution in [2.45, 2.75) is 44.2 Å². The lowest BCUT2D eigenvalue weighted by molar-refractivity contribution is -0.119. The molecule has 0 aromatic carbocycles. The number of aryl methyl sites for hydroxylation is 2. The van der Waals surface area contributed by atoms with Gasteiger partial charge in [0.15, 0.2) is 0 Å². The average molecular weight is 387 g/mol. The van der Waals surface area contributed by atoms with E-state index in [0.29, 0.717) is 18.2 Å². The minimum absolute atomic E-state index is 0. The smallest absolute Gasteiger partial charge is 0.230 e. The van der Waals surface area contributed by atoms with Crippen LogP contribution in [0.1, 0.15) is 29.7 Å². The Hall–Kier alpha value is -0.890. The van der Waals surface area contributed by atoms with E-state index in [0.717, 1.165) is 34.5 Å². The minimum Gasteiger partial charge on any atom is -0.352 e. The Morgan fingerprint density at radius 3 is 2.96 bits per heavy atom. The number of nitrogens with zero attached hydrogens (tertiary/aromatic N) is 2. The number of hydrogen-bond donors (Lipinski definition) is 2. The molecule has 5 nitrogen and oxygen atoms in total. The predicted octanol–water partition coefficient (Wildman–Crippen LogP) is 3.07. The highest BCUT2D eigenvalue weighted by Crippen LogP contribution is 2.34. The SMILES string of the molecule is Cc1sc2ncnc(SCC(=O)NC3CCCC3CN)c2c1C.Cl. The molecule has 1 aliphatic carbocycles. The summed E-state index contributed by atoms with van der Waals surface area (Å²) in [7, 11) is 0. The monoisotopic (exact) mass is 386 g/mol. The number of nitrogens with two attached hydrogens (primary N) is 1. The topological polar surface area (TPSA) is 80.9 Å². The van der Waals surface area contributed by atoms with Crippen LogP contribution in [-0.2, 0) is 4.79 Å². The van der Waals surface area contributed by atoms with Crippen LogP contribution in [0.25, 0.3) is 10.2 Å². The van der Waals surface area contributed by atoms with Gasteiger partial charge in [-0.1, -0.05) is 18.2 Å². The summed E-state index contributed by atoms with van der Waals surface area (Å²) in [4.78, 5) is 23.2. The normalized spacial score (nSPS) is 20.1. The number of thioether (sulfide) groups is 1. The van der Waals surface area contributed by atoms with Crippen molar-refractivity contribution in [3.05, 3.63) is 16.8 Å². The number of fused-ring (bicyclic) bond motifs is 1. The molecule has 0 aliphatic heterocycles. The van der Waals surface area contributed by atoms with Crippen LogP contribution >= 0.6 is 35.5 Å². The molecule has 0 spiro atoms. The fraction of sp³-hybridized carbons (Fsp3) is 0.562. The highest BCUT2D eigenvalue weighted by atomic mass is 35.5. The van der Waals surface area contributed by atoms with Gasteiger partial charge in [-0.3, -0.25) is 4.79 Å². The quantitative estimate of drug-likeness (QED) is 0.609. The maximum absolute atomic E-state index is 12.2. The molecule has 3 N–H and O–H groups in total. The molecule has 3 rings (SSSR count). The molecule has 2 aromatic rings. The number of aromatic nitrogens is 2. The summed E-state index contributed by atoms with van der Waals surface area (Å²) in [5.74, 6) is 0.877. The molecule has 132 valence electrons. The largest absolute Gasteiger partial charge is 0.352 e. The first-order chi connectivity index (χ1) is 11.1. The number of carbonyl (C=O) groups excluding carboxylic acids is 1. The third-order valence-electron chi connectivity index (χ3n) is 4.58. The van der Waals surface area contributed by atoms with Crippen molar-refractivity contribution < 1.29 is 4.79 Å². The van der Waals surface area contributed by atoms with Gasteiger partial charge in [-0.05, 0) is 44.7 Å². The van der Waals surface area contributed by atoms with Crippen molar-refractivity contribution in [2.24, 2.45) is 11.7 Å². The number of rotatable bonds is 5. The number of hydrogen-bond acceptors (Lipinski definition) is 6. The van der Waals surface area contributed by atoms with Crippen molar-refractivity contribution in [3.8, 4) is 0 Å². The third kappa shape index (κ3) is 4.02. The molecular weight excluding hydrogens is 364 g/mol. The second-order valence-electron chi connectivity index (χ2n) is 6.03. The summed E-state index contributed by atoms with van der Waals surface area (Å²) in [6, 6.07) is 0.239. The lowest BCUT2D eigenvalue weighted by atomic mass is 10.0. The van der Waals surface area contributed by atoms with Crippen LogP contribution in [0.5, 0.6) is 0 Å². The number of thiophene rings is 1. The minimum atomic E-state index is 0. The molecule has 2 aromatic heterocycles. The maximum Gasteiger partial charge on any atom is 0.230 e. The Labute approximate surface area is 156 Å². The zero-order valence-electron chi connectivity index (χ0n) is 13.9. The molecular formula is C16H23ClN4OS2. The molecule has 1 fully saturated rings. The van der Waals surface area contributed by atoms with Crippen molar-refractivity contribution in [3.63, 3.8) is 0 Å². The summed E-state index contributed by atoms with van der Waals surface area (Å²) >= 11 is 3.17. The van der Waals surface area contributed by atoms with Crippen molar-refractivity contribution in [1.29, 1.82) is 0 Å². The van der Waals surface area contributed by atoms with Gasteiger partial charge in [0.2, 0.25) is 5.91 Å². The highest BCUT2D eigenvalue weighted by Gasteiger charge is 2.27. The van der Waals surface area contributed by atoms with Crippen LogP contribution in [-0.4, -0.2) is 34.2 Å². The van der Waals surface area contributed by atoms with Crippen LogP contribution in [0.15, 0.2) is 11.4 Å². The molecule has 2 atom stereocenters. The number of amides is 1. The van der Waals surface area contributed by atoms with Crippen molar-refractivity contribution >= 4 is 51.6 Å². The molecule has 2 heterocycles. The zero-order valence-corrected chi connectivity index (χ0v) is 16.3. The van der Waals surface area contributed by atoms with E-state index in [1.807, 2.05) is 0 Å². The first kappa shape index (κ1) is 19.4. The second kappa shape index (κ2) is 8.47. The molecule has 0 bridgehead atoms. The number of nitrogens with one attached hydrogen (secondary N) is 1. The summed E-state index contributed by atoms with van der Waals surface area (Å²) < 4.78 is 0. The molecule has 24 heavy (non-hydrogen) atoms. The molecule has 1 amide bonds. The molecule has 8 heteroatoms. The maximum atomic E-state index is 12.2. The predicted molar refractivity (Wildman–Crippen MR) is 103 cm³/mol. The van der Waals surface area contributed by atoms with E-state index in [2.05, 4.69) is 29.1 Å². The van der Waals surface area contributed by atoms with Gasteiger partial charge in [0.1, 0.15) is 16.2 Å². The van der Waals surface area contributed by atoms with E-state index < -0.39 is 0 Å². The third-order valence-corrected chi connectivity index (χ3v) is 6.68. The Balaban J connectivity index is 0.00000208. The number of carbonyl (C=O) groups is 1. The van der Waals surface area contributed by atoms with Gasteiger partial charge in [-0.2, -0.15) is 0 Å². The summed E-state index contributed by atoms with van der Waals surface area (Å²) in [5.41, 5.74) is 6.99. The number of halogens is 1. The van der Waals surface area contributed by atoms with Gasteiger partial charge >= 0.3 is 0 Å². The highest BCUT2D eigenvalue weighted by molar-refractivity contribution is 8.00. The summed E-state index contributed by atoms with van der Waals surface area (Å²) in [6.45, 7) is 4.83. The molecule has 0 radical (unpaired) electrons. The van der Waals surface area contributed by atoms with Crippen LogP contribution in [0.4, 0.5) is 0 Å². The molecule has 2 unspecified atom stereocenters. The summed E-state index contributed by atoms with van der Waals surface area (Å²) in [6.07, 6.45) is 4.90. The second-order valence-corrected chi connectivity index (χ2v) is 8.20. The Kier molecular flexibility index (Phi) is 6.86. The first-order valence-electron chi connectivity index (χ1n) is 7.93. The molecule has 1 saturated carbocycles. The zero-order chi connectivity index (χ0) is 16.4. The van der Waals surface area contributed by atoms with E-state index in [9.17, 15) is 4.79 Å². The Morgan fingerprint density at radius 1 is 1.42 bits per heavy atom. The van der Waals surface area contributed by atoms with Gasteiger partial charge < -0.3 is 11.1 Å². The van der Waals surface area contributed by atoms with E-state index in [-0.39, 0.29) is 24.4 Å². The van der Waals surface area contributed by atoms with Crippen LogP contribution in [0, 0.1) is 19.8 Å². The molecule has 1 aliphatic rings. The van der Waals surface area contributed by atoms with Gasteiger partial charge in [0, 0.05) is 16.3 Å². The van der Waals surface area contributed by atoms with Gasteiger partial charge in [-0.25, -0.2) is 9.97 Å². The van der Waals surface area contributed by atoms with Crippen LogP contribution < -0.4 is 11.1 Å². The standard InChI is InChI=1S/C16H22N4OS2.ClH/c1-9-10(2)23-16-14(9)15(18-8-19-16)22-7-13(21)20-12-5-3-4-11(12)6-17;/h8,11-12H,3-7,17H2,1-2H3,(H,20,21);1H. The fourth-order valence-corrected chi connectivity index (χ4v) is 5.08. The Morgan fingerprint density at radius 2 is 2.21 bits per heavy atom. The van der Waals surface area contributed by atoms with Gasteiger partial charge in [0.05, 0.1) is 5.75 Å². The Bertz CT molecular complexity index is 721. The fourth-order valence-electron chi connectivity index (χ4n) is 3.15. The van der Waals surface area contributed by atoms with Gasteiger partial charge in [0.25, 0.3) is 0 Å². The molecule has 0 saturated heterocycles. The first-order valence-corrected chi connectivity index (χ1v) is 9.73. The van der Waals surface area contributed by atoms with E-state index >= 15 is 0 Å². The van der Waals surface area contributed by atoms with E-state index in [4.69, 9.17) is 5.73 Å².